The predicted molar refractivity (Wildman–Crippen MR) is 99.6 cm³/mol. The Kier molecular flexibility index (Phi) is 3.66. The number of fused-ring (bicyclic) bond motifs is 1. The van der Waals surface area contributed by atoms with Crippen molar-refractivity contribution < 1.29 is 4.79 Å². The summed E-state index contributed by atoms with van der Waals surface area (Å²) < 4.78 is 0. The predicted octanol–water partition coefficient (Wildman–Crippen LogP) is 3.72. The summed E-state index contributed by atoms with van der Waals surface area (Å²) in [5.41, 5.74) is 2.38. The fourth-order valence-corrected chi connectivity index (χ4v) is 3.87. The van der Waals surface area contributed by atoms with Gasteiger partial charge in [0.25, 0.3) is 5.91 Å². The first kappa shape index (κ1) is 15.0. The van der Waals surface area contributed by atoms with Crippen LogP contribution in [0.15, 0.2) is 57.4 Å². The van der Waals surface area contributed by atoms with Crippen molar-refractivity contribution in [3.05, 3.63) is 63.4 Å². The molecule has 1 amide bonds. The Morgan fingerprint density at radius 3 is 2.71 bits per heavy atom. The van der Waals surface area contributed by atoms with E-state index in [1.54, 1.807) is 6.08 Å². The van der Waals surface area contributed by atoms with Gasteiger partial charge in [0.1, 0.15) is 5.04 Å². The van der Waals surface area contributed by atoms with Gasteiger partial charge in [0.05, 0.1) is 5.57 Å². The smallest absolute Gasteiger partial charge is 0.282 e. The van der Waals surface area contributed by atoms with Gasteiger partial charge in [-0.25, -0.2) is 0 Å². The maximum Gasteiger partial charge on any atom is 0.283 e. The molecule has 24 heavy (non-hydrogen) atoms. The Morgan fingerprint density at radius 2 is 2.00 bits per heavy atom. The molecule has 0 fully saturated rings. The average Bonchev–Trinajstić information content (AvgIpc) is 3.21. The normalized spacial score (nSPS) is 18.7. The van der Waals surface area contributed by atoms with Crippen LogP contribution in [-0.2, 0) is 4.79 Å². The van der Waals surface area contributed by atoms with Gasteiger partial charge in [-0.1, -0.05) is 35.9 Å². The molecule has 0 spiro atoms. The van der Waals surface area contributed by atoms with Crippen LogP contribution in [0.1, 0.15) is 16.0 Å². The number of carbonyl (C=O) groups excluding carboxylic acids is 1. The van der Waals surface area contributed by atoms with Gasteiger partial charge in [-0.2, -0.15) is 15.1 Å². The van der Waals surface area contributed by atoms with Crippen LogP contribution in [0.4, 0.5) is 0 Å². The number of hydrazone groups is 1. The molecule has 3 heterocycles. The highest BCUT2D eigenvalue weighted by molar-refractivity contribution is 8.27. The first-order chi connectivity index (χ1) is 11.6. The summed E-state index contributed by atoms with van der Waals surface area (Å²) in [6, 6.07) is 11.8. The molecule has 1 aromatic heterocycles. The Labute approximate surface area is 146 Å². The minimum absolute atomic E-state index is 0.0630. The maximum absolute atomic E-state index is 12.3. The van der Waals surface area contributed by atoms with Crippen LogP contribution >= 0.6 is 23.1 Å². The number of nitrogens with zero attached hydrogens (tertiary/aromatic N) is 3. The number of hydrogen-bond donors (Lipinski definition) is 1. The lowest BCUT2D eigenvalue weighted by Crippen LogP contribution is -2.35. The number of aryl methyl sites for hydroxylation is 1. The second-order valence-electron chi connectivity index (χ2n) is 5.31. The van der Waals surface area contributed by atoms with Gasteiger partial charge >= 0.3 is 0 Å². The van der Waals surface area contributed by atoms with Crippen LogP contribution in [-0.4, -0.2) is 27.0 Å². The largest absolute Gasteiger partial charge is 0.283 e. The van der Waals surface area contributed by atoms with E-state index >= 15 is 0 Å². The summed E-state index contributed by atoms with van der Waals surface area (Å²) in [6.07, 6.45) is 1.69. The van der Waals surface area contributed by atoms with E-state index in [1.807, 2.05) is 48.7 Å². The molecular formula is C17H12N4OS2. The number of aliphatic imine (C=N–C) groups is 1. The Balaban J connectivity index is 1.70. The van der Waals surface area contributed by atoms with Crippen LogP contribution in [0.5, 0.6) is 0 Å². The van der Waals surface area contributed by atoms with Gasteiger partial charge in [0, 0.05) is 10.4 Å². The highest BCUT2D eigenvalue weighted by Crippen LogP contribution is 2.31. The number of carbonyl (C=O) groups is 1. The van der Waals surface area contributed by atoms with Gasteiger partial charge in [-0.15, -0.1) is 11.3 Å². The summed E-state index contributed by atoms with van der Waals surface area (Å²) in [5, 5.41) is 17.3. The third kappa shape index (κ3) is 2.61. The van der Waals surface area contributed by atoms with Crippen molar-refractivity contribution in [2.75, 3.05) is 0 Å². The molecule has 7 heteroatoms. The van der Waals surface area contributed by atoms with Crippen molar-refractivity contribution in [1.29, 1.82) is 5.41 Å². The summed E-state index contributed by atoms with van der Waals surface area (Å²) in [6.45, 7) is 2.02. The van der Waals surface area contributed by atoms with E-state index in [4.69, 9.17) is 5.41 Å². The number of thiophene rings is 1. The summed E-state index contributed by atoms with van der Waals surface area (Å²) in [7, 11) is 0. The lowest BCUT2D eigenvalue weighted by molar-refractivity contribution is -0.114. The number of benzene rings is 1. The first-order valence-electron chi connectivity index (χ1n) is 7.22. The van der Waals surface area contributed by atoms with Crippen molar-refractivity contribution in [3.8, 4) is 0 Å². The van der Waals surface area contributed by atoms with Crippen molar-refractivity contribution in [2.24, 2.45) is 10.1 Å². The lowest BCUT2D eigenvalue weighted by atomic mass is 10.1. The molecule has 4 rings (SSSR count). The highest BCUT2D eigenvalue weighted by atomic mass is 32.2. The van der Waals surface area contributed by atoms with Gasteiger partial charge in [0.2, 0.25) is 5.17 Å². The van der Waals surface area contributed by atoms with Crippen LogP contribution in [0, 0.1) is 12.3 Å². The van der Waals surface area contributed by atoms with Crippen molar-refractivity contribution in [2.45, 2.75) is 6.92 Å². The number of rotatable bonds is 2. The third-order valence-corrected chi connectivity index (χ3v) is 5.36. The number of amidine groups is 2. The lowest BCUT2D eigenvalue weighted by Gasteiger charge is -2.19. The molecule has 0 bridgehead atoms. The van der Waals surface area contributed by atoms with Gasteiger partial charge < -0.3 is 0 Å². The number of thioether (sulfide) groups is 1. The number of nitrogens with one attached hydrogen (secondary N) is 1. The van der Waals surface area contributed by atoms with E-state index in [-0.39, 0.29) is 11.4 Å². The molecule has 5 nitrogen and oxygen atoms in total. The molecule has 1 aromatic carbocycles. The van der Waals surface area contributed by atoms with E-state index in [1.165, 1.54) is 33.7 Å². The van der Waals surface area contributed by atoms with Crippen molar-refractivity contribution in [3.63, 3.8) is 0 Å². The van der Waals surface area contributed by atoms with E-state index in [0.717, 1.165) is 15.5 Å². The number of hydrogen-bond acceptors (Lipinski definition) is 5. The van der Waals surface area contributed by atoms with E-state index in [0.29, 0.717) is 5.17 Å². The third-order valence-electron chi connectivity index (χ3n) is 3.58. The van der Waals surface area contributed by atoms with Gasteiger partial charge in [-0.05, 0) is 36.2 Å². The van der Waals surface area contributed by atoms with Crippen LogP contribution in [0.2, 0.25) is 0 Å². The molecule has 2 aliphatic rings. The fraction of sp³-hybridized carbons (Fsp3) is 0.0588. The molecule has 2 aromatic rings. The molecule has 0 atom stereocenters. The molecule has 0 unspecified atom stereocenters. The van der Waals surface area contributed by atoms with E-state index < -0.39 is 5.91 Å². The molecule has 0 saturated heterocycles. The summed E-state index contributed by atoms with van der Waals surface area (Å²) >= 11 is 2.82. The Morgan fingerprint density at radius 1 is 1.21 bits per heavy atom. The van der Waals surface area contributed by atoms with Crippen molar-refractivity contribution >= 4 is 51.1 Å². The van der Waals surface area contributed by atoms with Crippen LogP contribution in [0.25, 0.3) is 6.08 Å². The summed E-state index contributed by atoms with van der Waals surface area (Å²) in [4.78, 5) is 17.3. The number of amides is 1. The second kappa shape index (κ2) is 5.85. The summed E-state index contributed by atoms with van der Waals surface area (Å²) in [5.74, 6) is -0.333. The van der Waals surface area contributed by atoms with Crippen molar-refractivity contribution in [1.82, 2.24) is 5.01 Å². The zero-order valence-corrected chi connectivity index (χ0v) is 14.3. The average molecular weight is 352 g/mol. The topological polar surface area (TPSA) is 68.9 Å². The SMILES string of the molecule is Cc1ccc(C2=NN3C(=N)/C(=C/c4cccs4)C(=O)N=C3S2)cc1. The highest BCUT2D eigenvalue weighted by Gasteiger charge is 2.35. The molecule has 1 N–H and O–H groups in total. The Bertz CT molecular complexity index is 924. The van der Waals surface area contributed by atoms with Crippen LogP contribution in [0.3, 0.4) is 0 Å². The second-order valence-corrected chi connectivity index (χ2v) is 7.24. The minimum Gasteiger partial charge on any atom is -0.282 e. The molecule has 0 saturated carbocycles. The standard InChI is InChI=1S/C17H12N4OS2/c1-10-4-6-11(7-5-10)16-20-21-14(18)13(9-12-3-2-8-23-12)15(22)19-17(21)24-16/h2-9,18H,1H3/b13-9-,18-14?. The zero-order chi connectivity index (χ0) is 16.7. The van der Waals surface area contributed by atoms with Gasteiger partial charge in [0.15, 0.2) is 5.84 Å². The molecule has 0 aliphatic carbocycles. The quantitative estimate of drug-likeness (QED) is 0.838. The minimum atomic E-state index is -0.396. The van der Waals surface area contributed by atoms with E-state index in [9.17, 15) is 4.79 Å². The monoisotopic (exact) mass is 352 g/mol. The van der Waals surface area contributed by atoms with Gasteiger partial charge in [-0.3, -0.25) is 10.2 Å². The molecule has 0 radical (unpaired) electrons. The first-order valence-corrected chi connectivity index (χ1v) is 8.92. The van der Waals surface area contributed by atoms with Crippen LogP contribution < -0.4 is 0 Å². The molecule has 2 aliphatic heterocycles. The molecular weight excluding hydrogens is 340 g/mol. The van der Waals surface area contributed by atoms with E-state index in [2.05, 4.69) is 10.1 Å². The maximum atomic E-state index is 12.3. The molecule has 118 valence electrons. The zero-order valence-electron chi connectivity index (χ0n) is 12.7. The fourth-order valence-electron chi connectivity index (χ4n) is 2.32. The Hall–Kier alpha value is -2.51.